The van der Waals surface area contributed by atoms with Gasteiger partial charge < -0.3 is 9.64 Å². The summed E-state index contributed by atoms with van der Waals surface area (Å²) in [6.45, 7) is 4.96. The maximum atomic E-state index is 5.87. The minimum atomic E-state index is 0.170. The topological polar surface area (TPSA) is 54.4 Å². The Labute approximate surface area is 112 Å². The molecule has 1 aliphatic rings. The van der Waals surface area contributed by atoms with E-state index in [1.54, 1.807) is 0 Å². The molecule has 7 heteroatoms. The third-order valence-corrected chi connectivity index (χ3v) is 3.46. The molecule has 18 heavy (non-hydrogen) atoms. The number of ether oxygens (including phenoxy) is 1. The van der Waals surface area contributed by atoms with Gasteiger partial charge in [0.1, 0.15) is 0 Å². The van der Waals surface area contributed by atoms with Gasteiger partial charge in [-0.25, -0.2) is 0 Å². The molecule has 1 unspecified atom stereocenters. The van der Waals surface area contributed by atoms with Crippen LogP contribution in [0.5, 0.6) is 6.01 Å². The van der Waals surface area contributed by atoms with Crippen molar-refractivity contribution >= 4 is 17.5 Å². The monoisotopic (exact) mass is 271 g/mol. The summed E-state index contributed by atoms with van der Waals surface area (Å²) in [7, 11) is 3.67. The maximum absolute atomic E-state index is 5.87. The second-order valence-electron chi connectivity index (χ2n) is 4.38. The van der Waals surface area contributed by atoms with Crippen molar-refractivity contribution in [3.63, 3.8) is 0 Å². The Bertz CT molecular complexity index is 416. The van der Waals surface area contributed by atoms with Crippen molar-refractivity contribution < 1.29 is 4.74 Å². The van der Waals surface area contributed by atoms with Crippen LogP contribution in [0.4, 0.5) is 5.95 Å². The van der Waals surface area contributed by atoms with E-state index in [9.17, 15) is 0 Å². The van der Waals surface area contributed by atoms with E-state index >= 15 is 0 Å². The standard InChI is InChI=1S/C11H18ClN5O/c1-4-8-7-17(6-5-16(8)2)10-13-9(12)14-11(15-10)18-3/h8H,4-7H2,1-3H3. The fraction of sp³-hybridized carbons (Fsp3) is 0.727. The van der Waals surface area contributed by atoms with Gasteiger partial charge in [0.25, 0.3) is 0 Å². The second-order valence-corrected chi connectivity index (χ2v) is 4.72. The molecule has 0 amide bonds. The van der Waals surface area contributed by atoms with Gasteiger partial charge in [0, 0.05) is 25.7 Å². The number of piperazine rings is 1. The Kier molecular flexibility index (Phi) is 4.19. The molecular weight excluding hydrogens is 254 g/mol. The molecule has 1 aliphatic heterocycles. The molecule has 1 aromatic rings. The molecule has 0 saturated carbocycles. The molecule has 100 valence electrons. The first kappa shape index (κ1) is 13.3. The van der Waals surface area contributed by atoms with Crippen LogP contribution < -0.4 is 9.64 Å². The van der Waals surface area contributed by atoms with Gasteiger partial charge in [0.05, 0.1) is 7.11 Å². The summed E-state index contributed by atoms with van der Waals surface area (Å²) < 4.78 is 5.02. The van der Waals surface area contributed by atoms with Gasteiger partial charge in [-0.05, 0) is 25.1 Å². The van der Waals surface area contributed by atoms with Crippen molar-refractivity contribution in [3.8, 4) is 6.01 Å². The SMILES string of the molecule is CCC1CN(c2nc(Cl)nc(OC)n2)CCN1C. The highest BCUT2D eigenvalue weighted by atomic mass is 35.5. The van der Waals surface area contributed by atoms with Crippen LogP contribution in [0.2, 0.25) is 5.28 Å². The van der Waals surface area contributed by atoms with Gasteiger partial charge in [-0.2, -0.15) is 15.0 Å². The first-order valence-corrected chi connectivity index (χ1v) is 6.42. The maximum Gasteiger partial charge on any atom is 0.322 e. The number of rotatable bonds is 3. The third-order valence-electron chi connectivity index (χ3n) is 3.29. The molecule has 0 spiro atoms. The molecule has 1 atom stereocenters. The lowest BCUT2D eigenvalue weighted by Crippen LogP contribution is -2.51. The molecule has 0 radical (unpaired) electrons. The number of hydrogen-bond donors (Lipinski definition) is 0. The van der Waals surface area contributed by atoms with E-state index in [0.717, 1.165) is 26.1 Å². The van der Waals surface area contributed by atoms with Crippen molar-refractivity contribution in [2.24, 2.45) is 0 Å². The summed E-state index contributed by atoms with van der Waals surface area (Å²) in [6, 6.07) is 0.775. The van der Waals surface area contributed by atoms with E-state index in [0.29, 0.717) is 12.0 Å². The minimum Gasteiger partial charge on any atom is -0.467 e. The highest BCUT2D eigenvalue weighted by Crippen LogP contribution is 2.19. The van der Waals surface area contributed by atoms with E-state index in [1.807, 2.05) is 0 Å². The molecular formula is C11H18ClN5O. The number of likely N-dealkylation sites (N-methyl/N-ethyl adjacent to an activating group) is 1. The molecule has 2 rings (SSSR count). The lowest BCUT2D eigenvalue weighted by atomic mass is 10.1. The van der Waals surface area contributed by atoms with Gasteiger partial charge in [0.15, 0.2) is 0 Å². The molecule has 0 bridgehead atoms. The molecule has 6 nitrogen and oxygen atoms in total. The number of hydrogen-bond acceptors (Lipinski definition) is 6. The summed E-state index contributed by atoms with van der Waals surface area (Å²) in [6.07, 6.45) is 1.10. The third kappa shape index (κ3) is 2.81. The first-order chi connectivity index (χ1) is 8.63. The van der Waals surface area contributed by atoms with Crippen molar-refractivity contribution in [2.45, 2.75) is 19.4 Å². The highest BCUT2D eigenvalue weighted by molar-refractivity contribution is 6.28. The summed E-state index contributed by atoms with van der Waals surface area (Å²) in [5.41, 5.74) is 0. The second kappa shape index (κ2) is 5.67. The van der Waals surface area contributed by atoms with Crippen LogP contribution in [0.3, 0.4) is 0 Å². The lowest BCUT2D eigenvalue weighted by Gasteiger charge is -2.39. The van der Waals surface area contributed by atoms with E-state index in [-0.39, 0.29) is 11.3 Å². The number of nitrogens with zero attached hydrogens (tertiary/aromatic N) is 5. The average Bonchev–Trinajstić information content (AvgIpc) is 2.38. The van der Waals surface area contributed by atoms with Gasteiger partial charge >= 0.3 is 6.01 Å². The largest absolute Gasteiger partial charge is 0.467 e. The lowest BCUT2D eigenvalue weighted by molar-refractivity contribution is 0.212. The number of methoxy groups -OCH3 is 1. The van der Waals surface area contributed by atoms with Crippen LogP contribution in [0.25, 0.3) is 0 Å². The number of halogens is 1. The first-order valence-electron chi connectivity index (χ1n) is 6.04. The van der Waals surface area contributed by atoms with Gasteiger partial charge in [-0.3, -0.25) is 4.90 Å². The Morgan fingerprint density at radius 3 is 2.78 bits per heavy atom. The van der Waals surface area contributed by atoms with E-state index in [2.05, 4.69) is 38.7 Å². The van der Waals surface area contributed by atoms with Gasteiger partial charge in [0.2, 0.25) is 11.2 Å². The van der Waals surface area contributed by atoms with Crippen LogP contribution in [-0.2, 0) is 0 Å². The summed E-state index contributed by atoms with van der Waals surface area (Å²) in [5.74, 6) is 0.596. The normalized spacial score (nSPS) is 21.1. The number of aromatic nitrogens is 3. The van der Waals surface area contributed by atoms with Gasteiger partial charge in [-0.1, -0.05) is 6.92 Å². The van der Waals surface area contributed by atoms with Crippen LogP contribution in [0.1, 0.15) is 13.3 Å². The summed E-state index contributed by atoms with van der Waals surface area (Å²) in [5, 5.41) is 0.170. The Balaban J connectivity index is 2.18. The minimum absolute atomic E-state index is 0.170. The Morgan fingerprint density at radius 2 is 2.11 bits per heavy atom. The van der Waals surface area contributed by atoms with E-state index in [1.165, 1.54) is 7.11 Å². The summed E-state index contributed by atoms with van der Waals surface area (Å²) in [4.78, 5) is 16.8. The summed E-state index contributed by atoms with van der Waals surface area (Å²) >= 11 is 5.87. The fourth-order valence-corrected chi connectivity index (χ4v) is 2.27. The van der Waals surface area contributed by atoms with Gasteiger partial charge in [-0.15, -0.1) is 0 Å². The van der Waals surface area contributed by atoms with Crippen molar-refractivity contribution in [1.82, 2.24) is 19.9 Å². The fourth-order valence-electron chi connectivity index (χ4n) is 2.12. The molecule has 0 aromatic carbocycles. The van der Waals surface area contributed by atoms with Crippen LogP contribution >= 0.6 is 11.6 Å². The molecule has 0 aliphatic carbocycles. The Morgan fingerprint density at radius 1 is 1.33 bits per heavy atom. The van der Waals surface area contributed by atoms with Crippen LogP contribution in [0.15, 0.2) is 0 Å². The quantitative estimate of drug-likeness (QED) is 0.820. The molecule has 1 aromatic heterocycles. The highest BCUT2D eigenvalue weighted by Gasteiger charge is 2.25. The molecule has 0 N–H and O–H groups in total. The molecule has 2 heterocycles. The van der Waals surface area contributed by atoms with Crippen LogP contribution in [0, 0.1) is 0 Å². The van der Waals surface area contributed by atoms with Crippen LogP contribution in [-0.4, -0.2) is 59.7 Å². The zero-order valence-electron chi connectivity index (χ0n) is 10.9. The molecule has 1 saturated heterocycles. The number of anilines is 1. The van der Waals surface area contributed by atoms with Crippen molar-refractivity contribution in [1.29, 1.82) is 0 Å². The average molecular weight is 272 g/mol. The van der Waals surface area contributed by atoms with Crippen molar-refractivity contribution in [3.05, 3.63) is 5.28 Å². The zero-order chi connectivity index (χ0) is 13.1. The Hall–Kier alpha value is -1.14. The van der Waals surface area contributed by atoms with E-state index < -0.39 is 0 Å². The molecule has 1 fully saturated rings. The van der Waals surface area contributed by atoms with E-state index in [4.69, 9.17) is 16.3 Å². The predicted octanol–water partition coefficient (Wildman–Crippen LogP) is 1.06. The predicted molar refractivity (Wildman–Crippen MR) is 70.3 cm³/mol. The smallest absolute Gasteiger partial charge is 0.322 e. The van der Waals surface area contributed by atoms with Crippen molar-refractivity contribution in [2.75, 3.05) is 38.7 Å². The zero-order valence-corrected chi connectivity index (χ0v) is 11.7.